The van der Waals surface area contributed by atoms with Gasteiger partial charge in [0.05, 0.1) is 68.9 Å². The summed E-state index contributed by atoms with van der Waals surface area (Å²) < 4.78 is 22.3. The first-order valence-electron chi connectivity index (χ1n) is 14.9. The number of hydrogen-bond donors (Lipinski definition) is 2. The minimum absolute atomic E-state index is 0. The van der Waals surface area contributed by atoms with Gasteiger partial charge in [0.2, 0.25) is 5.91 Å². The van der Waals surface area contributed by atoms with Crippen LogP contribution in [0, 0.1) is 17.7 Å². The second-order valence-electron chi connectivity index (χ2n) is 12.0. The fourth-order valence-electron chi connectivity index (χ4n) is 6.79. The first-order valence-corrected chi connectivity index (χ1v) is 16.2. The van der Waals surface area contributed by atoms with Crippen LogP contribution in [0.2, 0.25) is 5.02 Å². The number of hydrogen-bond acceptors (Lipinski definition) is 11. The van der Waals surface area contributed by atoms with E-state index in [0.717, 1.165) is 30.7 Å². The second kappa shape index (κ2) is 15.2. The number of carboxylic acid groups (broad SMARTS) is 2. The molecule has 4 aliphatic rings. The molecular weight excluding hydrogens is 693 g/mol. The molecule has 2 amide bonds. The molecule has 0 bridgehead atoms. The smallest absolute Gasteiger partial charge is 0.545 e. The number of halogens is 2. The number of aromatic nitrogens is 1. The van der Waals surface area contributed by atoms with Gasteiger partial charge in [-0.1, -0.05) is 18.5 Å². The van der Waals surface area contributed by atoms with Crippen LogP contribution in [-0.4, -0.2) is 82.1 Å². The number of anilines is 1. The summed E-state index contributed by atoms with van der Waals surface area (Å²) in [7, 11) is 0. The Hall–Kier alpha value is -1.82. The van der Waals surface area contributed by atoms with E-state index in [9.17, 15) is 39.3 Å². The first-order chi connectivity index (χ1) is 21.8. The van der Waals surface area contributed by atoms with E-state index in [2.05, 4.69) is 5.32 Å². The number of ether oxygens (including phenoxy) is 1. The third kappa shape index (κ3) is 6.91. The molecule has 5 atom stereocenters. The Kier molecular flexibility index (Phi) is 12.3. The van der Waals surface area contributed by atoms with Crippen molar-refractivity contribution in [2.75, 3.05) is 30.3 Å². The molecule has 1 aromatic heterocycles. The predicted octanol–water partition coefficient (Wildman–Crippen LogP) is -5.64. The maximum absolute atomic E-state index is 15.4. The Morgan fingerprint density at radius 1 is 1.19 bits per heavy atom. The van der Waals surface area contributed by atoms with Crippen molar-refractivity contribution in [1.29, 1.82) is 0 Å². The number of fused-ring (bicyclic) bond motifs is 2. The first kappa shape index (κ1) is 39.0. The topological polar surface area (TPSA) is 184 Å². The molecule has 1 saturated carbocycles. The van der Waals surface area contributed by atoms with E-state index in [-0.39, 0.29) is 117 Å². The average Bonchev–Trinajstić information content (AvgIpc) is 3.67. The van der Waals surface area contributed by atoms with Gasteiger partial charge in [0.15, 0.2) is 5.43 Å². The number of carboxylic acids is 2. The zero-order valence-electron chi connectivity index (χ0n) is 26.8. The summed E-state index contributed by atoms with van der Waals surface area (Å²) >= 11 is 7.84. The van der Waals surface area contributed by atoms with Crippen molar-refractivity contribution < 1.29 is 103 Å². The summed E-state index contributed by atoms with van der Waals surface area (Å²) in [6, 6.07) is 0.0205. The zero-order valence-corrected chi connectivity index (χ0v) is 32.4. The van der Waals surface area contributed by atoms with Crippen molar-refractivity contribution in [1.82, 2.24) is 14.8 Å². The van der Waals surface area contributed by atoms with E-state index in [4.69, 9.17) is 16.3 Å². The third-order valence-electron chi connectivity index (χ3n) is 9.05. The molecular formula is C30H30ClFN4Na2O9S. The van der Waals surface area contributed by atoms with Crippen LogP contribution in [0.5, 0.6) is 0 Å². The molecule has 4 heterocycles. The Morgan fingerprint density at radius 2 is 1.88 bits per heavy atom. The van der Waals surface area contributed by atoms with Crippen molar-refractivity contribution in [2.24, 2.45) is 11.8 Å². The Balaban J connectivity index is 0.00000260. The van der Waals surface area contributed by atoms with E-state index in [1.54, 1.807) is 16.4 Å². The minimum atomic E-state index is -1.65. The molecule has 0 radical (unpaired) electrons. The molecule has 246 valence electrons. The summed E-state index contributed by atoms with van der Waals surface area (Å²) in [4.78, 5) is 64.4. The Bertz CT molecular complexity index is 1770. The number of aliphatic hydroxyl groups excluding tert-OH is 1. The van der Waals surface area contributed by atoms with Crippen LogP contribution < -0.4 is 85.0 Å². The van der Waals surface area contributed by atoms with Crippen LogP contribution in [0.15, 0.2) is 27.7 Å². The van der Waals surface area contributed by atoms with Gasteiger partial charge in [-0.15, -0.1) is 11.8 Å². The number of aliphatic hydroxyl groups is 1. The van der Waals surface area contributed by atoms with Crippen LogP contribution in [0.4, 0.5) is 14.9 Å². The van der Waals surface area contributed by atoms with Crippen LogP contribution in [0.25, 0.3) is 10.9 Å². The van der Waals surface area contributed by atoms with Crippen LogP contribution in [-0.2, 0) is 14.3 Å². The van der Waals surface area contributed by atoms with Crippen LogP contribution >= 0.6 is 23.4 Å². The summed E-state index contributed by atoms with van der Waals surface area (Å²) in [5, 5.41) is 35.9. The van der Waals surface area contributed by atoms with Gasteiger partial charge in [-0.3, -0.25) is 9.59 Å². The number of aliphatic carboxylic acids is 1. The molecule has 48 heavy (non-hydrogen) atoms. The van der Waals surface area contributed by atoms with Crippen molar-refractivity contribution >= 4 is 63.9 Å². The van der Waals surface area contributed by atoms with Crippen molar-refractivity contribution in [2.45, 2.75) is 57.3 Å². The van der Waals surface area contributed by atoms with Gasteiger partial charge in [-0.25, -0.2) is 9.18 Å². The molecule has 1 aliphatic carbocycles. The SMILES string of the molecule is CC1C(SCCOC(=O)NC2CCN(c3c(F)cc4c(=O)c(C(=O)[O-])cn(C5CC5)c4c3Cl)C2)=C(C(=O)[O-])N2C(=O)[C@@H]([C@@H](C)O)[C@H]12.[Na+].[Na+]. The summed E-state index contributed by atoms with van der Waals surface area (Å²) in [5.74, 6) is -5.24. The number of aromatic carboxylic acids is 1. The van der Waals surface area contributed by atoms with Gasteiger partial charge in [0.25, 0.3) is 0 Å². The van der Waals surface area contributed by atoms with Gasteiger partial charge in [0, 0.05) is 41.9 Å². The third-order valence-corrected chi connectivity index (χ3v) is 10.7. The van der Waals surface area contributed by atoms with E-state index in [0.29, 0.717) is 17.9 Å². The molecule has 6 rings (SSSR count). The van der Waals surface area contributed by atoms with E-state index < -0.39 is 64.9 Å². The van der Waals surface area contributed by atoms with Gasteiger partial charge in [-0.2, -0.15) is 0 Å². The number of amides is 2. The molecule has 13 nitrogen and oxygen atoms in total. The van der Waals surface area contributed by atoms with Gasteiger partial charge < -0.3 is 49.3 Å². The number of carbonyl (C=O) groups excluding carboxylic acids is 4. The molecule has 0 spiro atoms. The summed E-state index contributed by atoms with van der Waals surface area (Å²) in [6.45, 7) is 3.71. The molecule has 18 heteroatoms. The normalized spacial score (nSPS) is 23.6. The maximum atomic E-state index is 15.4. The maximum Gasteiger partial charge on any atom is 1.00 e. The number of pyridine rings is 1. The van der Waals surface area contributed by atoms with Gasteiger partial charge >= 0.3 is 65.2 Å². The number of benzene rings is 1. The predicted molar refractivity (Wildman–Crippen MR) is 160 cm³/mol. The Labute approximate surface area is 327 Å². The summed E-state index contributed by atoms with van der Waals surface area (Å²) in [6.07, 6.45) is 1.49. The summed E-state index contributed by atoms with van der Waals surface area (Å²) in [5.41, 5.74) is -1.37. The number of alkyl carbamates (subject to hydrolysis) is 1. The molecule has 2 aromatic rings. The zero-order chi connectivity index (χ0) is 33.2. The minimum Gasteiger partial charge on any atom is -0.545 e. The van der Waals surface area contributed by atoms with E-state index in [1.807, 2.05) is 0 Å². The van der Waals surface area contributed by atoms with Crippen molar-refractivity contribution in [3.63, 3.8) is 0 Å². The Morgan fingerprint density at radius 3 is 2.48 bits per heavy atom. The number of β-lactam (4-membered cyclic amide) rings is 1. The van der Waals surface area contributed by atoms with Crippen molar-refractivity contribution in [3.05, 3.63) is 49.5 Å². The quantitative estimate of drug-likeness (QED) is 0.135. The number of nitrogens with one attached hydrogen (secondary N) is 1. The monoisotopic (exact) mass is 722 g/mol. The molecule has 2 unspecified atom stereocenters. The van der Waals surface area contributed by atoms with Crippen molar-refractivity contribution in [3.8, 4) is 0 Å². The second-order valence-corrected chi connectivity index (χ2v) is 13.5. The van der Waals surface area contributed by atoms with Crippen LogP contribution in [0.3, 0.4) is 0 Å². The van der Waals surface area contributed by atoms with E-state index in [1.165, 1.54) is 18.0 Å². The van der Waals surface area contributed by atoms with Gasteiger partial charge in [-0.05, 0) is 32.3 Å². The molecule has 2 saturated heterocycles. The number of rotatable bonds is 10. The fourth-order valence-corrected chi connectivity index (χ4v) is 8.31. The largest absolute Gasteiger partial charge is 1.00 e. The number of nitrogens with zero attached hydrogens (tertiary/aromatic N) is 3. The molecule has 2 N–H and O–H groups in total. The average molecular weight is 723 g/mol. The van der Waals surface area contributed by atoms with Crippen LogP contribution in [0.1, 0.15) is 49.5 Å². The molecule has 3 aliphatic heterocycles. The van der Waals surface area contributed by atoms with Gasteiger partial charge in [0.1, 0.15) is 12.4 Å². The number of carbonyl (C=O) groups is 4. The molecule has 1 aromatic carbocycles. The fraction of sp³-hybridized carbons (Fsp3) is 0.500. The standard InChI is InChI=1S/C30H32ClFN4O9S.2Na/c1-12-21-19(13(2)37)27(39)36(21)24(29(42)43)26(12)46-8-7-45-30(44)33-14-5-6-34(10-14)23-18(32)9-16-22(20(23)31)35(15-3-4-15)11-17(25(16)38)28(40)41;;/h9,11-15,19,21,37H,3-8,10H2,1-2H3,(H,33,44)(H,40,41)(H,42,43);;/q;2*+1/p-2/t12?,13-,14?,19+,21+;;/m1../s1. The molecule has 3 fully saturated rings. The number of thioether (sulfide) groups is 1. The van der Waals surface area contributed by atoms with E-state index >= 15 is 4.39 Å².